The molecule has 2 atom stereocenters. The summed E-state index contributed by atoms with van der Waals surface area (Å²) >= 11 is 0. The first-order valence-electron chi connectivity index (χ1n) is 7.75. The van der Waals surface area contributed by atoms with Crippen molar-refractivity contribution in [1.29, 1.82) is 0 Å². The van der Waals surface area contributed by atoms with Crippen LogP contribution in [0.25, 0.3) is 0 Å². The molecule has 1 aliphatic heterocycles. The van der Waals surface area contributed by atoms with Crippen LogP contribution in [-0.4, -0.2) is 36.2 Å². The Morgan fingerprint density at radius 2 is 1.83 bits per heavy atom. The molecule has 0 aliphatic carbocycles. The summed E-state index contributed by atoms with van der Waals surface area (Å²) in [5, 5.41) is 10.3. The van der Waals surface area contributed by atoms with E-state index in [4.69, 9.17) is 4.74 Å². The molecule has 2 aromatic carbocycles. The van der Waals surface area contributed by atoms with Crippen molar-refractivity contribution in [3.8, 4) is 0 Å². The summed E-state index contributed by atoms with van der Waals surface area (Å²) in [5.41, 5.74) is 1.20. The predicted octanol–water partition coefficient (Wildman–Crippen LogP) is 3.21. The Morgan fingerprint density at radius 3 is 2.54 bits per heavy atom. The molecule has 0 radical (unpaired) electrons. The maximum atomic E-state index is 13.4. The molecule has 2 unspecified atom stereocenters. The van der Waals surface area contributed by atoms with E-state index in [1.54, 1.807) is 12.1 Å². The van der Waals surface area contributed by atoms with Gasteiger partial charge in [0.15, 0.2) is 11.6 Å². The number of hydrogen-bond donors (Lipinski definition) is 1. The summed E-state index contributed by atoms with van der Waals surface area (Å²) in [6.07, 6.45) is -1.14. The number of hydrogen-bond acceptors (Lipinski definition) is 3. The number of benzene rings is 2. The molecule has 128 valence electrons. The molecule has 0 amide bonds. The Kier molecular flexibility index (Phi) is 5.18. The molecule has 1 saturated heterocycles. The van der Waals surface area contributed by atoms with Gasteiger partial charge in [0.05, 0.1) is 18.8 Å². The lowest BCUT2D eigenvalue weighted by Crippen LogP contribution is -2.40. The number of aliphatic hydroxyl groups is 1. The highest BCUT2D eigenvalue weighted by atomic mass is 19.2. The van der Waals surface area contributed by atoms with E-state index in [1.807, 2.05) is 4.90 Å². The van der Waals surface area contributed by atoms with Gasteiger partial charge in [-0.2, -0.15) is 0 Å². The van der Waals surface area contributed by atoms with Crippen LogP contribution in [0, 0.1) is 17.5 Å². The number of rotatable bonds is 4. The zero-order chi connectivity index (χ0) is 17.1. The monoisotopic (exact) mass is 337 g/mol. The van der Waals surface area contributed by atoms with Crippen molar-refractivity contribution >= 4 is 0 Å². The summed E-state index contributed by atoms with van der Waals surface area (Å²) in [7, 11) is 0. The van der Waals surface area contributed by atoms with Crippen LogP contribution in [-0.2, 0) is 4.74 Å². The molecule has 24 heavy (non-hydrogen) atoms. The van der Waals surface area contributed by atoms with Gasteiger partial charge in [0.1, 0.15) is 5.82 Å². The summed E-state index contributed by atoms with van der Waals surface area (Å²) in [5.74, 6) is -2.14. The largest absolute Gasteiger partial charge is 0.387 e. The van der Waals surface area contributed by atoms with E-state index in [2.05, 4.69) is 0 Å². The Balaban J connectivity index is 1.64. The Hall–Kier alpha value is -1.89. The van der Waals surface area contributed by atoms with E-state index in [0.717, 1.165) is 12.1 Å². The van der Waals surface area contributed by atoms with E-state index in [0.29, 0.717) is 37.4 Å². The lowest BCUT2D eigenvalue weighted by Gasteiger charge is -2.34. The van der Waals surface area contributed by atoms with Gasteiger partial charge in [-0.25, -0.2) is 13.2 Å². The number of ether oxygens (including phenoxy) is 1. The smallest absolute Gasteiger partial charge is 0.159 e. The molecule has 0 spiro atoms. The first-order valence-corrected chi connectivity index (χ1v) is 7.75. The maximum Gasteiger partial charge on any atom is 0.159 e. The molecule has 1 heterocycles. The van der Waals surface area contributed by atoms with Gasteiger partial charge in [0.2, 0.25) is 0 Å². The Labute approximate surface area is 138 Å². The molecule has 0 saturated carbocycles. The van der Waals surface area contributed by atoms with Gasteiger partial charge in [0, 0.05) is 19.6 Å². The SMILES string of the molecule is OC(CN1CCOC(c2ccc(F)c(F)c2)C1)c1ccc(F)cc1. The van der Waals surface area contributed by atoms with E-state index in [1.165, 1.54) is 18.2 Å². The van der Waals surface area contributed by atoms with E-state index >= 15 is 0 Å². The average molecular weight is 337 g/mol. The van der Waals surface area contributed by atoms with Gasteiger partial charge in [-0.05, 0) is 35.4 Å². The molecule has 1 N–H and O–H groups in total. The maximum absolute atomic E-state index is 13.4. The summed E-state index contributed by atoms with van der Waals surface area (Å²) < 4.78 is 45.0. The average Bonchev–Trinajstić information content (AvgIpc) is 2.58. The van der Waals surface area contributed by atoms with Crippen molar-refractivity contribution < 1.29 is 23.0 Å². The van der Waals surface area contributed by atoms with Gasteiger partial charge in [-0.15, -0.1) is 0 Å². The van der Waals surface area contributed by atoms with Crippen LogP contribution >= 0.6 is 0 Å². The molecule has 0 bridgehead atoms. The molecule has 1 fully saturated rings. The first-order chi connectivity index (χ1) is 11.5. The molecule has 3 rings (SSSR count). The zero-order valence-corrected chi connectivity index (χ0v) is 13.0. The second-order valence-corrected chi connectivity index (χ2v) is 5.86. The highest BCUT2D eigenvalue weighted by Crippen LogP contribution is 2.25. The fourth-order valence-electron chi connectivity index (χ4n) is 2.82. The molecule has 2 aromatic rings. The molecule has 6 heteroatoms. The standard InChI is InChI=1S/C18H18F3NO2/c19-14-4-1-12(2-5-14)17(23)10-22-7-8-24-18(11-22)13-3-6-15(20)16(21)9-13/h1-6,9,17-18,23H,7-8,10-11H2. The van der Waals surface area contributed by atoms with Crippen molar-refractivity contribution in [3.05, 3.63) is 71.0 Å². The van der Waals surface area contributed by atoms with Crippen molar-refractivity contribution in [2.45, 2.75) is 12.2 Å². The minimum atomic E-state index is -0.903. The van der Waals surface area contributed by atoms with Crippen LogP contribution in [0.2, 0.25) is 0 Å². The van der Waals surface area contributed by atoms with Crippen molar-refractivity contribution in [2.24, 2.45) is 0 Å². The molecular weight excluding hydrogens is 319 g/mol. The lowest BCUT2D eigenvalue weighted by molar-refractivity contribution is -0.0425. The van der Waals surface area contributed by atoms with Gasteiger partial charge < -0.3 is 9.84 Å². The lowest BCUT2D eigenvalue weighted by atomic mass is 10.1. The minimum Gasteiger partial charge on any atom is -0.387 e. The van der Waals surface area contributed by atoms with Crippen LogP contribution in [0.3, 0.4) is 0 Å². The molecule has 1 aliphatic rings. The van der Waals surface area contributed by atoms with E-state index < -0.39 is 17.7 Å². The number of morpholine rings is 1. The second-order valence-electron chi connectivity index (χ2n) is 5.86. The number of aliphatic hydroxyl groups excluding tert-OH is 1. The fourth-order valence-corrected chi connectivity index (χ4v) is 2.82. The van der Waals surface area contributed by atoms with E-state index in [-0.39, 0.29) is 11.9 Å². The second kappa shape index (κ2) is 7.34. The highest BCUT2D eigenvalue weighted by molar-refractivity contribution is 5.21. The minimum absolute atomic E-state index is 0.351. The zero-order valence-electron chi connectivity index (χ0n) is 13.0. The summed E-state index contributed by atoms with van der Waals surface area (Å²) in [6.45, 7) is 1.87. The predicted molar refractivity (Wildman–Crippen MR) is 82.9 cm³/mol. The van der Waals surface area contributed by atoms with Crippen LogP contribution < -0.4 is 0 Å². The third kappa shape index (κ3) is 3.95. The molecule has 0 aromatic heterocycles. The molecular formula is C18H18F3NO2. The normalized spacial score (nSPS) is 20.1. The highest BCUT2D eigenvalue weighted by Gasteiger charge is 2.24. The van der Waals surface area contributed by atoms with Gasteiger partial charge >= 0.3 is 0 Å². The topological polar surface area (TPSA) is 32.7 Å². The quantitative estimate of drug-likeness (QED) is 0.930. The first kappa shape index (κ1) is 17.0. The van der Waals surface area contributed by atoms with Crippen LogP contribution in [0.4, 0.5) is 13.2 Å². The van der Waals surface area contributed by atoms with Gasteiger partial charge in [0.25, 0.3) is 0 Å². The third-order valence-corrected chi connectivity index (χ3v) is 4.15. The number of halogens is 3. The Morgan fingerprint density at radius 1 is 1.08 bits per heavy atom. The summed E-state index contributed by atoms with van der Waals surface area (Å²) in [4.78, 5) is 1.99. The van der Waals surface area contributed by atoms with Gasteiger partial charge in [-0.3, -0.25) is 4.90 Å². The number of β-amino-alcohol motifs (C(OH)–C–C–N with tert-alkyl or cyclic N) is 1. The Bertz CT molecular complexity index is 693. The van der Waals surface area contributed by atoms with Crippen molar-refractivity contribution in [2.75, 3.05) is 26.2 Å². The number of nitrogens with zero attached hydrogens (tertiary/aromatic N) is 1. The van der Waals surface area contributed by atoms with Crippen LogP contribution in [0.1, 0.15) is 23.3 Å². The van der Waals surface area contributed by atoms with Crippen molar-refractivity contribution in [3.63, 3.8) is 0 Å². The van der Waals surface area contributed by atoms with Crippen molar-refractivity contribution in [1.82, 2.24) is 4.90 Å². The van der Waals surface area contributed by atoms with Crippen LogP contribution in [0.15, 0.2) is 42.5 Å². The fraction of sp³-hybridized carbons (Fsp3) is 0.333. The van der Waals surface area contributed by atoms with Crippen LogP contribution in [0.5, 0.6) is 0 Å². The summed E-state index contributed by atoms with van der Waals surface area (Å²) in [6, 6.07) is 9.44. The molecule has 3 nitrogen and oxygen atoms in total. The van der Waals surface area contributed by atoms with Gasteiger partial charge in [-0.1, -0.05) is 18.2 Å². The van der Waals surface area contributed by atoms with E-state index in [9.17, 15) is 18.3 Å². The third-order valence-electron chi connectivity index (χ3n) is 4.15.